The lowest BCUT2D eigenvalue weighted by Gasteiger charge is -2.14. The second-order valence-corrected chi connectivity index (χ2v) is 11.5. The Morgan fingerprint density at radius 2 is 1.15 bits per heavy atom. The average molecular weight is 595 g/mol. The summed E-state index contributed by atoms with van der Waals surface area (Å²) < 4.78 is 20.8. The van der Waals surface area contributed by atoms with Crippen LogP contribution in [0, 0.1) is 0 Å². The van der Waals surface area contributed by atoms with Crippen LogP contribution in [0.15, 0.2) is 158 Å². The molecule has 5 aromatic carbocycles. The standard InChI is InChI=1S/C41H27FN4/c42-40(28-12-8-11-27(25-28)34-19-6-7-23-43-34)29-13-9-16-31(26-29)46-37-22-21-36-38(39(37)33-18-10-24-44-41(33)46)32-17-4-5-20-35(32)45(36)30-14-2-1-3-15-30/h1-26,40H. The number of benzene rings is 5. The zero-order chi connectivity index (χ0) is 30.6. The molecule has 0 fully saturated rings. The quantitative estimate of drug-likeness (QED) is 0.199. The van der Waals surface area contributed by atoms with Crippen molar-refractivity contribution in [3.8, 4) is 22.6 Å². The summed E-state index contributed by atoms with van der Waals surface area (Å²) in [6, 6.07) is 48.7. The molecule has 0 spiro atoms. The fourth-order valence-electron chi connectivity index (χ4n) is 6.91. The molecule has 9 aromatic rings. The third kappa shape index (κ3) is 4.06. The number of fused-ring (bicyclic) bond motifs is 7. The minimum atomic E-state index is -1.31. The van der Waals surface area contributed by atoms with E-state index in [0.717, 1.165) is 55.6 Å². The Bertz CT molecular complexity index is 2550. The number of para-hydroxylation sites is 2. The van der Waals surface area contributed by atoms with E-state index in [9.17, 15) is 0 Å². The summed E-state index contributed by atoms with van der Waals surface area (Å²) >= 11 is 0. The normalized spacial score (nSPS) is 12.4. The second kappa shape index (κ2) is 10.5. The van der Waals surface area contributed by atoms with Crippen LogP contribution in [0.4, 0.5) is 4.39 Å². The number of hydrogen-bond donors (Lipinski definition) is 0. The highest BCUT2D eigenvalue weighted by Gasteiger charge is 2.22. The molecule has 0 amide bonds. The molecule has 4 aromatic heterocycles. The maximum absolute atomic E-state index is 16.3. The van der Waals surface area contributed by atoms with Crippen molar-refractivity contribution >= 4 is 43.7 Å². The zero-order valence-electron chi connectivity index (χ0n) is 24.8. The Morgan fingerprint density at radius 1 is 0.478 bits per heavy atom. The number of halogens is 1. The van der Waals surface area contributed by atoms with Crippen LogP contribution < -0.4 is 0 Å². The first-order valence-electron chi connectivity index (χ1n) is 15.4. The van der Waals surface area contributed by atoms with Gasteiger partial charge in [0.1, 0.15) is 5.65 Å². The molecule has 0 aliphatic rings. The largest absolute Gasteiger partial charge is 0.309 e. The molecule has 9 rings (SSSR count). The summed E-state index contributed by atoms with van der Waals surface area (Å²) in [6.07, 6.45) is 2.28. The Balaban J connectivity index is 1.25. The van der Waals surface area contributed by atoms with Crippen molar-refractivity contribution in [1.82, 2.24) is 19.1 Å². The lowest BCUT2D eigenvalue weighted by Crippen LogP contribution is -2.00. The van der Waals surface area contributed by atoms with E-state index < -0.39 is 6.17 Å². The molecule has 5 heteroatoms. The minimum absolute atomic E-state index is 0.586. The number of hydrogen-bond acceptors (Lipinski definition) is 2. The number of alkyl halides is 1. The molecule has 46 heavy (non-hydrogen) atoms. The van der Waals surface area contributed by atoms with Crippen LogP contribution in [0.3, 0.4) is 0 Å². The van der Waals surface area contributed by atoms with E-state index in [1.807, 2.05) is 85.1 Å². The molecule has 1 unspecified atom stereocenters. The monoisotopic (exact) mass is 594 g/mol. The van der Waals surface area contributed by atoms with Gasteiger partial charge in [-0.3, -0.25) is 9.55 Å². The zero-order valence-corrected chi connectivity index (χ0v) is 24.8. The highest BCUT2D eigenvalue weighted by atomic mass is 19.1. The first-order chi connectivity index (χ1) is 22.8. The molecule has 0 aliphatic heterocycles. The molecule has 1 atom stereocenters. The molecule has 0 saturated heterocycles. The van der Waals surface area contributed by atoms with Crippen molar-refractivity contribution in [3.63, 3.8) is 0 Å². The Hall–Kier alpha value is -6.07. The summed E-state index contributed by atoms with van der Waals surface area (Å²) in [6.45, 7) is 0. The van der Waals surface area contributed by atoms with Crippen molar-refractivity contribution in [2.24, 2.45) is 0 Å². The summed E-state index contributed by atoms with van der Waals surface area (Å²) in [5.41, 5.74) is 9.02. The van der Waals surface area contributed by atoms with Crippen molar-refractivity contribution in [2.75, 3.05) is 0 Å². The molecule has 0 aliphatic carbocycles. The van der Waals surface area contributed by atoms with E-state index in [0.29, 0.717) is 11.1 Å². The molecule has 4 heterocycles. The molecule has 218 valence electrons. The van der Waals surface area contributed by atoms with Crippen LogP contribution >= 0.6 is 0 Å². The highest BCUT2D eigenvalue weighted by Crippen LogP contribution is 2.42. The van der Waals surface area contributed by atoms with Crippen LogP contribution in [0.5, 0.6) is 0 Å². The van der Waals surface area contributed by atoms with Gasteiger partial charge in [-0.2, -0.15) is 0 Å². The van der Waals surface area contributed by atoms with E-state index in [4.69, 9.17) is 4.98 Å². The Labute approximate surface area is 264 Å². The van der Waals surface area contributed by atoms with Gasteiger partial charge in [0, 0.05) is 50.9 Å². The Kier molecular flexibility index (Phi) is 6.03. The van der Waals surface area contributed by atoms with Gasteiger partial charge in [0.25, 0.3) is 0 Å². The van der Waals surface area contributed by atoms with Gasteiger partial charge < -0.3 is 4.57 Å². The third-order valence-corrected chi connectivity index (χ3v) is 8.90. The van der Waals surface area contributed by atoms with Crippen LogP contribution in [0.25, 0.3) is 66.4 Å². The topological polar surface area (TPSA) is 35.6 Å². The number of pyridine rings is 2. The lowest BCUT2D eigenvalue weighted by atomic mass is 9.99. The van der Waals surface area contributed by atoms with E-state index in [1.54, 1.807) is 6.20 Å². The van der Waals surface area contributed by atoms with E-state index in [-0.39, 0.29) is 0 Å². The molecular formula is C41H27FN4. The lowest BCUT2D eigenvalue weighted by molar-refractivity contribution is 0.402. The predicted molar refractivity (Wildman–Crippen MR) is 186 cm³/mol. The molecule has 4 nitrogen and oxygen atoms in total. The fourth-order valence-corrected chi connectivity index (χ4v) is 6.91. The average Bonchev–Trinajstić information content (AvgIpc) is 3.65. The summed E-state index contributed by atoms with van der Waals surface area (Å²) in [4.78, 5) is 9.33. The van der Waals surface area contributed by atoms with Crippen molar-refractivity contribution in [2.45, 2.75) is 6.17 Å². The smallest absolute Gasteiger partial charge is 0.150 e. The number of nitrogens with zero attached hydrogens (tertiary/aromatic N) is 4. The van der Waals surface area contributed by atoms with Gasteiger partial charge in [-0.15, -0.1) is 0 Å². The Morgan fingerprint density at radius 3 is 2.00 bits per heavy atom. The van der Waals surface area contributed by atoms with Crippen LogP contribution in [-0.4, -0.2) is 19.1 Å². The summed E-state index contributed by atoms with van der Waals surface area (Å²) in [5.74, 6) is 0. The van der Waals surface area contributed by atoms with Gasteiger partial charge in [0.05, 0.1) is 22.2 Å². The predicted octanol–water partition coefficient (Wildman–Crippen LogP) is 10.4. The molecule has 0 N–H and O–H groups in total. The van der Waals surface area contributed by atoms with Gasteiger partial charge in [-0.05, 0) is 83.9 Å². The summed E-state index contributed by atoms with van der Waals surface area (Å²) in [5, 5.41) is 4.56. The van der Waals surface area contributed by atoms with Crippen molar-refractivity contribution in [1.29, 1.82) is 0 Å². The molecular weight excluding hydrogens is 567 g/mol. The minimum Gasteiger partial charge on any atom is -0.309 e. The number of aromatic nitrogens is 4. The molecule has 0 bridgehead atoms. The first-order valence-corrected chi connectivity index (χ1v) is 15.4. The second-order valence-electron chi connectivity index (χ2n) is 11.5. The van der Waals surface area contributed by atoms with E-state index in [1.165, 1.54) is 10.8 Å². The van der Waals surface area contributed by atoms with Crippen LogP contribution in [0.1, 0.15) is 17.3 Å². The van der Waals surface area contributed by atoms with Crippen molar-refractivity contribution in [3.05, 3.63) is 169 Å². The van der Waals surface area contributed by atoms with Gasteiger partial charge in [0.15, 0.2) is 6.17 Å². The van der Waals surface area contributed by atoms with Gasteiger partial charge in [-0.1, -0.05) is 72.8 Å². The SMILES string of the molecule is FC(c1cccc(-c2ccccn2)c1)c1cccc(-n2c3ccc4c(c5ccccc5n4-c4ccccc4)c3c3cccnc32)c1. The van der Waals surface area contributed by atoms with Crippen molar-refractivity contribution < 1.29 is 4.39 Å². The van der Waals surface area contributed by atoms with Gasteiger partial charge in [0.2, 0.25) is 0 Å². The van der Waals surface area contributed by atoms with Gasteiger partial charge >= 0.3 is 0 Å². The fraction of sp³-hybridized carbons (Fsp3) is 0.0244. The molecule has 0 radical (unpaired) electrons. The third-order valence-electron chi connectivity index (χ3n) is 8.90. The van der Waals surface area contributed by atoms with Crippen LogP contribution in [0.2, 0.25) is 0 Å². The van der Waals surface area contributed by atoms with Gasteiger partial charge in [-0.25, -0.2) is 9.37 Å². The summed E-state index contributed by atoms with van der Waals surface area (Å²) in [7, 11) is 0. The highest BCUT2D eigenvalue weighted by molar-refractivity contribution is 6.28. The van der Waals surface area contributed by atoms with Crippen LogP contribution in [-0.2, 0) is 0 Å². The molecule has 0 saturated carbocycles. The number of rotatable bonds is 5. The maximum atomic E-state index is 16.3. The maximum Gasteiger partial charge on any atom is 0.150 e. The van der Waals surface area contributed by atoms with E-state index >= 15 is 4.39 Å². The van der Waals surface area contributed by atoms with E-state index in [2.05, 4.69) is 80.8 Å². The first kappa shape index (κ1) is 26.3.